The van der Waals surface area contributed by atoms with Gasteiger partial charge in [0.05, 0.1) is 0 Å². The van der Waals surface area contributed by atoms with Gasteiger partial charge in [-0.25, -0.2) is 0 Å². The molecule has 0 aromatic carbocycles. The van der Waals surface area contributed by atoms with Crippen molar-refractivity contribution < 1.29 is 9.90 Å². The van der Waals surface area contributed by atoms with Crippen LogP contribution < -0.4 is 0 Å². The predicted octanol–water partition coefficient (Wildman–Crippen LogP) is 2.75. The number of nitrogens with zero attached hydrogens (tertiary/aromatic N) is 1. The smallest absolute Gasteiger partial charge is 0.320 e. The van der Waals surface area contributed by atoms with Crippen LogP contribution in [0.2, 0.25) is 0 Å². The Morgan fingerprint density at radius 1 is 1.38 bits per heavy atom. The highest BCUT2D eigenvalue weighted by atomic mass is 16.4. The molecule has 0 aromatic rings. The van der Waals surface area contributed by atoms with Crippen molar-refractivity contribution in [2.75, 3.05) is 6.54 Å². The second-order valence-electron chi connectivity index (χ2n) is 5.29. The van der Waals surface area contributed by atoms with Gasteiger partial charge < -0.3 is 5.11 Å². The van der Waals surface area contributed by atoms with E-state index in [4.69, 9.17) is 0 Å². The molecule has 0 aromatic heterocycles. The lowest BCUT2D eigenvalue weighted by Gasteiger charge is -2.29. The van der Waals surface area contributed by atoms with Gasteiger partial charge in [-0.15, -0.1) is 0 Å². The van der Waals surface area contributed by atoms with Crippen LogP contribution in [0.4, 0.5) is 0 Å². The number of rotatable bonds is 8. The number of aliphatic carboxylic acids is 1. The molecule has 0 bridgehead atoms. The average molecular weight is 227 g/mol. The van der Waals surface area contributed by atoms with Crippen LogP contribution in [-0.2, 0) is 4.79 Å². The van der Waals surface area contributed by atoms with Crippen molar-refractivity contribution in [1.82, 2.24) is 4.90 Å². The largest absolute Gasteiger partial charge is 0.480 e. The lowest BCUT2D eigenvalue weighted by molar-refractivity contribution is -0.144. The van der Waals surface area contributed by atoms with Crippen LogP contribution in [0.3, 0.4) is 0 Å². The maximum atomic E-state index is 11.3. The minimum atomic E-state index is -0.641. The molecule has 1 unspecified atom stereocenters. The minimum absolute atomic E-state index is 0.253. The molecule has 1 N–H and O–H groups in total. The highest BCUT2D eigenvalue weighted by molar-refractivity contribution is 5.73. The first-order valence-corrected chi connectivity index (χ1v) is 6.54. The van der Waals surface area contributed by atoms with E-state index in [0.29, 0.717) is 12.0 Å². The number of hydrogen-bond donors (Lipinski definition) is 1. The third-order valence-electron chi connectivity index (χ3n) is 3.23. The number of hydrogen-bond acceptors (Lipinski definition) is 2. The third kappa shape index (κ3) is 4.12. The Morgan fingerprint density at radius 3 is 2.38 bits per heavy atom. The van der Waals surface area contributed by atoms with E-state index in [1.165, 1.54) is 12.8 Å². The van der Waals surface area contributed by atoms with E-state index in [1.807, 2.05) is 0 Å². The van der Waals surface area contributed by atoms with E-state index >= 15 is 0 Å². The Labute approximate surface area is 98.8 Å². The van der Waals surface area contributed by atoms with E-state index < -0.39 is 5.97 Å². The molecule has 16 heavy (non-hydrogen) atoms. The Kier molecular flexibility index (Phi) is 5.26. The van der Waals surface area contributed by atoms with Crippen molar-refractivity contribution in [2.24, 2.45) is 5.92 Å². The van der Waals surface area contributed by atoms with Gasteiger partial charge in [-0.2, -0.15) is 0 Å². The van der Waals surface area contributed by atoms with Gasteiger partial charge in [0.1, 0.15) is 6.04 Å². The normalized spacial score (nSPS) is 18.1. The average Bonchev–Trinajstić information content (AvgIpc) is 2.99. The quantitative estimate of drug-likeness (QED) is 0.693. The lowest BCUT2D eigenvalue weighted by atomic mass is 10.1. The van der Waals surface area contributed by atoms with Gasteiger partial charge in [-0.1, -0.05) is 27.2 Å². The van der Waals surface area contributed by atoms with Gasteiger partial charge in [0, 0.05) is 6.04 Å². The van der Waals surface area contributed by atoms with E-state index in [2.05, 4.69) is 25.7 Å². The summed E-state index contributed by atoms with van der Waals surface area (Å²) in [5, 5.41) is 9.28. The van der Waals surface area contributed by atoms with Gasteiger partial charge in [-0.3, -0.25) is 9.69 Å². The molecule has 3 nitrogen and oxygen atoms in total. The summed E-state index contributed by atoms with van der Waals surface area (Å²) in [7, 11) is 0. The third-order valence-corrected chi connectivity index (χ3v) is 3.23. The Morgan fingerprint density at radius 2 is 2.00 bits per heavy atom. The van der Waals surface area contributed by atoms with Crippen LogP contribution in [0, 0.1) is 5.92 Å². The number of carboxylic acid groups (broad SMARTS) is 1. The fourth-order valence-corrected chi connectivity index (χ4v) is 2.11. The van der Waals surface area contributed by atoms with Crippen molar-refractivity contribution in [3.8, 4) is 0 Å². The Balaban J connectivity index is 2.54. The van der Waals surface area contributed by atoms with E-state index in [1.54, 1.807) is 0 Å². The monoisotopic (exact) mass is 227 g/mol. The zero-order valence-electron chi connectivity index (χ0n) is 10.8. The molecule has 1 saturated carbocycles. The molecule has 0 spiro atoms. The number of carbonyl (C=O) groups is 1. The van der Waals surface area contributed by atoms with E-state index in [-0.39, 0.29) is 6.04 Å². The molecule has 0 aliphatic heterocycles. The summed E-state index contributed by atoms with van der Waals surface area (Å²) in [4.78, 5) is 13.5. The first-order chi connectivity index (χ1) is 7.56. The summed E-state index contributed by atoms with van der Waals surface area (Å²) in [6, 6.07) is 0.294. The molecular formula is C13H25NO2. The van der Waals surface area contributed by atoms with Crippen LogP contribution in [0.15, 0.2) is 0 Å². The molecule has 1 rings (SSSR count). The molecule has 3 heteroatoms. The van der Waals surface area contributed by atoms with Gasteiger partial charge in [0.2, 0.25) is 0 Å². The van der Waals surface area contributed by atoms with Gasteiger partial charge in [0.25, 0.3) is 0 Å². The van der Waals surface area contributed by atoms with Gasteiger partial charge in [-0.05, 0) is 38.1 Å². The molecule has 94 valence electrons. The van der Waals surface area contributed by atoms with Gasteiger partial charge >= 0.3 is 5.97 Å². The fraction of sp³-hybridized carbons (Fsp3) is 0.923. The summed E-state index contributed by atoms with van der Waals surface area (Å²) in [5.74, 6) is 0.00910. The maximum Gasteiger partial charge on any atom is 0.320 e. The Hall–Kier alpha value is -0.570. The van der Waals surface area contributed by atoms with E-state index in [9.17, 15) is 9.90 Å². The SMILES string of the molecule is CCCC(C(=O)O)N(CCC(C)C)C1CC1. The van der Waals surface area contributed by atoms with Crippen molar-refractivity contribution in [3.63, 3.8) is 0 Å². The molecule has 0 amide bonds. The molecule has 1 aliphatic rings. The molecule has 0 radical (unpaired) electrons. The second-order valence-corrected chi connectivity index (χ2v) is 5.29. The fourth-order valence-electron chi connectivity index (χ4n) is 2.11. The summed E-state index contributed by atoms with van der Waals surface area (Å²) in [6.45, 7) is 7.39. The van der Waals surface area contributed by atoms with Crippen LogP contribution in [0.5, 0.6) is 0 Å². The molecule has 0 saturated heterocycles. The van der Waals surface area contributed by atoms with Crippen LogP contribution in [0.25, 0.3) is 0 Å². The molecule has 0 heterocycles. The zero-order valence-corrected chi connectivity index (χ0v) is 10.8. The second kappa shape index (κ2) is 6.24. The minimum Gasteiger partial charge on any atom is -0.480 e. The first-order valence-electron chi connectivity index (χ1n) is 6.54. The Bertz CT molecular complexity index is 224. The summed E-state index contributed by atoms with van der Waals surface area (Å²) >= 11 is 0. The van der Waals surface area contributed by atoms with Crippen LogP contribution in [-0.4, -0.2) is 34.6 Å². The van der Waals surface area contributed by atoms with Crippen molar-refractivity contribution in [1.29, 1.82) is 0 Å². The van der Waals surface area contributed by atoms with Crippen molar-refractivity contribution in [3.05, 3.63) is 0 Å². The molecule has 1 aliphatic carbocycles. The predicted molar refractivity (Wildman–Crippen MR) is 65.5 cm³/mol. The summed E-state index contributed by atoms with van der Waals surface area (Å²) < 4.78 is 0. The number of carboxylic acids is 1. The highest BCUT2D eigenvalue weighted by Crippen LogP contribution is 2.30. The zero-order chi connectivity index (χ0) is 12.1. The van der Waals surface area contributed by atoms with E-state index in [0.717, 1.165) is 25.8 Å². The van der Waals surface area contributed by atoms with Crippen molar-refractivity contribution >= 4 is 5.97 Å². The highest BCUT2D eigenvalue weighted by Gasteiger charge is 2.36. The lowest BCUT2D eigenvalue weighted by Crippen LogP contribution is -2.43. The summed E-state index contributed by atoms with van der Waals surface area (Å²) in [5.41, 5.74) is 0. The molecule has 1 fully saturated rings. The van der Waals surface area contributed by atoms with Crippen LogP contribution in [0.1, 0.15) is 52.9 Å². The molecular weight excluding hydrogens is 202 g/mol. The van der Waals surface area contributed by atoms with Crippen LogP contribution >= 0.6 is 0 Å². The van der Waals surface area contributed by atoms with Gasteiger partial charge in [0.15, 0.2) is 0 Å². The first kappa shape index (κ1) is 13.5. The maximum absolute atomic E-state index is 11.3. The summed E-state index contributed by atoms with van der Waals surface area (Å²) in [6.07, 6.45) is 5.20. The standard InChI is InChI=1S/C13H25NO2/c1-4-5-12(13(15)16)14(11-6-7-11)9-8-10(2)3/h10-12H,4-9H2,1-3H3,(H,15,16). The topological polar surface area (TPSA) is 40.5 Å². The van der Waals surface area contributed by atoms with Crippen molar-refractivity contribution in [2.45, 2.75) is 65.0 Å². The molecule has 1 atom stereocenters.